The second kappa shape index (κ2) is 6.63. The molecule has 4 rings (SSSR count). The molecule has 126 valence electrons. The van der Waals surface area contributed by atoms with E-state index in [1.807, 2.05) is 30.3 Å². The standard InChI is InChI=1S/C20H17NO4/c22-19-14-8-4-5-9-15(14)20(23)18(21-13-6-2-1-3-7-13)17(19)16-12-24-10-11-25-16/h1-9,16,21H,10-12H2. The first-order valence-corrected chi connectivity index (χ1v) is 8.19. The lowest BCUT2D eigenvalue weighted by atomic mass is 9.84. The van der Waals surface area contributed by atoms with Crippen molar-refractivity contribution in [3.05, 3.63) is 77.0 Å². The van der Waals surface area contributed by atoms with Crippen LogP contribution in [0, 0.1) is 0 Å². The molecule has 5 nitrogen and oxygen atoms in total. The van der Waals surface area contributed by atoms with Gasteiger partial charge in [-0.05, 0) is 12.1 Å². The number of hydrogen-bond donors (Lipinski definition) is 1. The average Bonchev–Trinajstić information content (AvgIpc) is 2.68. The normalized spacial score (nSPS) is 20.4. The monoisotopic (exact) mass is 335 g/mol. The van der Waals surface area contributed by atoms with Gasteiger partial charge in [-0.25, -0.2) is 0 Å². The number of ketones is 2. The van der Waals surface area contributed by atoms with Gasteiger partial charge < -0.3 is 14.8 Å². The Morgan fingerprint density at radius 1 is 0.840 bits per heavy atom. The zero-order valence-corrected chi connectivity index (χ0v) is 13.5. The Labute approximate surface area is 145 Å². The van der Waals surface area contributed by atoms with Crippen LogP contribution in [0.1, 0.15) is 20.7 Å². The summed E-state index contributed by atoms with van der Waals surface area (Å²) in [6.07, 6.45) is -0.551. The molecule has 1 aliphatic carbocycles. The van der Waals surface area contributed by atoms with E-state index in [1.54, 1.807) is 24.3 Å². The molecule has 25 heavy (non-hydrogen) atoms. The number of carbonyl (C=O) groups excluding carboxylic acids is 2. The fourth-order valence-electron chi connectivity index (χ4n) is 3.15. The van der Waals surface area contributed by atoms with Gasteiger partial charge in [0.05, 0.1) is 31.1 Å². The highest BCUT2D eigenvalue weighted by atomic mass is 16.6. The van der Waals surface area contributed by atoms with Gasteiger partial charge in [0.15, 0.2) is 5.78 Å². The fourth-order valence-corrected chi connectivity index (χ4v) is 3.15. The number of anilines is 1. The molecule has 0 amide bonds. The predicted molar refractivity (Wildman–Crippen MR) is 92.8 cm³/mol. The van der Waals surface area contributed by atoms with Crippen LogP contribution in [0.5, 0.6) is 0 Å². The van der Waals surface area contributed by atoms with Crippen LogP contribution in [-0.2, 0) is 9.47 Å². The summed E-state index contributed by atoms with van der Waals surface area (Å²) in [6.45, 7) is 1.15. The number of benzene rings is 2. The summed E-state index contributed by atoms with van der Waals surface area (Å²) in [5.74, 6) is -0.396. The molecular formula is C20H17NO4. The number of para-hydroxylation sites is 1. The summed E-state index contributed by atoms with van der Waals surface area (Å²) in [5.41, 5.74) is 2.17. The first-order chi connectivity index (χ1) is 12.3. The molecule has 0 saturated carbocycles. The molecule has 1 aliphatic heterocycles. The van der Waals surface area contributed by atoms with Gasteiger partial charge in [-0.1, -0.05) is 42.5 Å². The Hall–Kier alpha value is -2.76. The Morgan fingerprint density at radius 3 is 2.20 bits per heavy atom. The van der Waals surface area contributed by atoms with Crippen LogP contribution in [0.3, 0.4) is 0 Å². The third-order valence-electron chi connectivity index (χ3n) is 4.34. The van der Waals surface area contributed by atoms with Crippen LogP contribution in [0.15, 0.2) is 65.9 Å². The highest BCUT2D eigenvalue weighted by Gasteiger charge is 2.37. The number of fused-ring (bicyclic) bond motifs is 1. The van der Waals surface area contributed by atoms with Crippen molar-refractivity contribution in [1.82, 2.24) is 0 Å². The summed E-state index contributed by atoms with van der Waals surface area (Å²) in [7, 11) is 0. The molecule has 2 aromatic carbocycles. The molecule has 0 spiro atoms. The Kier molecular flexibility index (Phi) is 4.17. The van der Waals surface area contributed by atoms with Gasteiger partial charge in [0.1, 0.15) is 6.10 Å². The van der Waals surface area contributed by atoms with E-state index < -0.39 is 6.10 Å². The Bertz CT molecular complexity index is 851. The number of hydrogen-bond acceptors (Lipinski definition) is 5. The van der Waals surface area contributed by atoms with Crippen LogP contribution < -0.4 is 5.32 Å². The summed E-state index contributed by atoms with van der Waals surface area (Å²) < 4.78 is 11.2. The minimum absolute atomic E-state index is 0.191. The highest BCUT2D eigenvalue weighted by molar-refractivity contribution is 6.28. The molecule has 1 fully saturated rings. The number of carbonyl (C=O) groups is 2. The molecule has 1 N–H and O–H groups in total. The molecular weight excluding hydrogens is 318 g/mol. The lowest BCUT2D eigenvalue weighted by Crippen LogP contribution is -2.38. The van der Waals surface area contributed by atoms with Crippen molar-refractivity contribution in [2.24, 2.45) is 0 Å². The number of rotatable bonds is 3. The van der Waals surface area contributed by atoms with E-state index in [4.69, 9.17) is 9.47 Å². The SMILES string of the molecule is O=C1C(Nc2ccccc2)=C(C2COCCO2)C(=O)c2ccccc21. The number of allylic oxidation sites excluding steroid dienone is 1. The molecule has 1 heterocycles. The number of nitrogens with one attached hydrogen (secondary N) is 1. The average molecular weight is 335 g/mol. The lowest BCUT2D eigenvalue weighted by Gasteiger charge is -2.29. The second-order valence-electron chi connectivity index (χ2n) is 5.92. The van der Waals surface area contributed by atoms with Crippen LogP contribution in [0.2, 0.25) is 0 Å². The molecule has 1 unspecified atom stereocenters. The van der Waals surface area contributed by atoms with Gasteiger partial charge in [-0.3, -0.25) is 9.59 Å². The summed E-state index contributed by atoms with van der Waals surface area (Å²) in [6, 6.07) is 16.2. The van der Waals surface area contributed by atoms with Gasteiger partial charge >= 0.3 is 0 Å². The fraction of sp³-hybridized carbons (Fsp3) is 0.200. The maximum absolute atomic E-state index is 13.1. The van der Waals surface area contributed by atoms with Crippen molar-refractivity contribution in [3.8, 4) is 0 Å². The quantitative estimate of drug-likeness (QED) is 0.934. The first-order valence-electron chi connectivity index (χ1n) is 8.19. The summed E-state index contributed by atoms with van der Waals surface area (Å²) >= 11 is 0. The molecule has 1 saturated heterocycles. The van der Waals surface area contributed by atoms with Crippen LogP contribution in [0.25, 0.3) is 0 Å². The number of ether oxygens (including phenoxy) is 2. The highest BCUT2D eigenvalue weighted by Crippen LogP contribution is 2.31. The van der Waals surface area contributed by atoms with E-state index in [9.17, 15) is 9.59 Å². The second-order valence-corrected chi connectivity index (χ2v) is 5.92. The van der Waals surface area contributed by atoms with Gasteiger partial charge in [0.2, 0.25) is 5.78 Å². The van der Waals surface area contributed by atoms with E-state index in [-0.39, 0.29) is 23.9 Å². The third-order valence-corrected chi connectivity index (χ3v) is 4.34. The third kappa shape index (κ3) is 2.88. The topological polar surface area (TPSA) is 64.6 Å². The van der Waals surface area contributed by atoms with Crippen molar-refractivity contribution < 1.29 is 19.1 Å². The Balaban J connectivity index is 1.82. The largest absolute Gasteiger partial charge is 0.376 e. The van der Waals surface area contributed by atoms with Crippen molar-refractivity contribution in [2.75, 3.05) is 25.1 Å². The van der Waals surface area contributed by atoms with Gasteiger partial charge in [0.25, 0.3) is 0 Å². The first kappa shape index (κ1) is 15.7. The van der Waals surface area contributed by atoms with Crippen LogP contribution in [0.4, 0.5) is 5.69 Å². The minimum atomic E-state index is -0.551. The Morgan fingerprint density at radius 2 is 1.52 bits per heavy atom. The van der Waals surface area contributed by atoms with E-state index >= 15 is 0 Å². The van der Waals surface area contributed by atoms with Crippen molar-refractivity contribution in [2.45, 2.75) is 6.10 Å². The van der Waals surface area contributed by atoms with Crippen molar-refractivity contribution in [3.63, 3.8) is 0 Å². The molecule has 0 radical (unpaired) electrons. The summed E-state index contributed by atoms with van der Waals surface area (Å²) in [5, 5.41) is 3.12. The minimum Gasteiger partial charge on any atom is -0.376 e. The zero-order valence-electron chi connectivity index (χ0n) is 13.5. The van der Waals surface area contributed by atoms with E-state index in [0.29, 0.717) is 29.9 Å². The van der Waals surface area contributed by atoms with E-state index in [1.165, 1.54) is 0 Å². The number of Topliss-reactive ketones (excluding diaryl/α,β-unsaturated/α-hetero) is 2. The van der Waals surface area contributed by atoms with Crippen molar-refractivity contribution >= 4 is 17.3 Å². The molecule has 0 bridgehead atoms. The maximum atomic E-state index is 13.1. The maximum Gasteiger partial charge on any atom is 0.210 e. The van der Waals surface area contributed by atoms with Crippen LogP contribution in [-0.4, -0.2) is 37.5 Å². The van der Waals surface area contributed by atoms with Gasteiger partial charge in [-0.15, -0.1) is 0 Å². The van der Waals surface area contributed by atoms with Gasteiger partial charge in [0, 0.05) is 16.8 Å². The van der Waals surface area contributed by atoms with E-state index in [2.05, 4.69) is 5.32 Å². The van der Waals surface area contributed by atoms with Gasteiger partial charge in [-0.2, -0.15) is 0 Å². The molecule has 1 atom stereocenters. The molecule has 5 heteroatoms. The zero-order chi connectivity index (χ0) is 17.2. The predicted octanol–water partition coefficient (Wildman–Crippen LogP) is 2.85. The molecule has 2 aliphatic rings. The smallest absolute Gasteiger partial charge is 0.210 e. The molecule has 2 aromatic rings. The van der Waals surface area contributed by atoms with Crippen LogP contribution >= 0.6 is 0 Å². The van der Waals surface area contributed by atoms with Crippen molar-refractivity contribution in [1.29, 1.82) is 0 Å². The summed E-state index contributed by atoms with van der Waals surface area (Å²) in [4.78, 5) is 26.1. The molecule has 0 aromatic heterocycles. The lowest BCUT2D eigenvalue weighted by molar-refractivity contribution is -0.0716. The van der Waals surface area contributed by atoms with E-state index in [0.717, 1.165) is 5.69 Å².